The lowest BCUT2D eigenvalue weighted by molar-refractivity contribution is -0.160. The van der Waals surface area contributed by atoms with E-state index in [1.54, 1.807) is 23.1 Å². The van der Waals surface area contributed by atoms with Gasteiger partial charge in [0, 0.05) is 13.1 Å². The largest absolute Gasteiger partial charge is 0.493 e. The SMILES string of the molecule is COc1cccc(C(=O)N(OC)[C@@H]2CN(C(=O)OC(C)(C)C)CCC[C@H]2OCc2ccccc2)c1OC. The summed E-state index contributed by atoms with van der Waals surface area (Å²) in [7, 11) is 4.42. The number of carbonyl (C=O) groups excluding carboxylic acids is 2. The molecule has 9 nitrogen and oxygen atoms in total. The standard InChI is InChI=1S/C28H38N2O7/c1-28(2,3)37-27(32)29-17-11-16-23(36-19-20-12-8-7-9-13-20)22(18-29)30(35-6)26(31)21-14-10-15-24(33-4)25(21)34-5/h7-10,12-15,22-23H,11,16-19H2,1-6H3/t22-,23-/m1/s1. The molecule has 1 aliphatic heterocycles. The number of para-hydroxylation sites is 1. The van der Waals surface area contributed by atoms with Crippen LogP contribution in [0.1, 0.15) is 49.5 Å². The second-order valence-electron chi connectivity index (χ2n) is 9.83. The Labute approximate surface area is 219 Å². The fraction of sp³-hybridized carbons (Fsp3) is 0.500. The Kier molecular flexibility index (Phi) is 9.77. The van der Waals surface area contributed by atoms with Gasteiger partial charge in [-0.05, 0) is 51.3 Å². The smallest absolute Gasteiger partial charge is 0.410 e. The number of ether oxygens (including phenoxy) is 4. The number of methoxy groups -OCH3 is 2. The monoisotopic (exact) mass is 514 g/mol. The van der Waals surface area contributed by atoms with Crippen LogP contribution < -0.4 is 9.47 Å². The molecule has 2 amide bonds. The zero-order chi connectivity index (χ0) is 27.0. The molecule has 2 aromatic rings. The maximum Gasteiger partial charge on any atom is 0.410 e. The molecular weight excluding hydrogens is 476 g/mol. The molecule has 9 heteroatoms. The summed E-state index contributed by atoms with van der Waals surface area (Å²) in [5, 5.41) is 1.27. The fourth-order valence-corrected chi connectivity index (χ4v) is 4.34. The number of benzene rings is 2. The van der Waals surface area contributed by atoms with Crippen LogP contribution in [0, 0.1) is 0 Å². The highest BCUT2D eigenvalue weighted by Gasteiger charge is 2.39. The van der Waals surface area contributed by atoms with Gasteiger partial charge in [-0.3, -0.25) is 9.63 Å². The lowest BCUT2D eigenvalue weighted by Crippen LogP contribution is -2.53. The number of hydrogen-bond acceptors (Lipinski definition) is 7. The molecule has 0 radical (unpaired) electrons. The van der Waals surface area contributed by atoms with Crippen molar-refractivity contribution in [2.24, 2.45) is 0 Å². The highest BCUT2D eigenvalue weighted by Crippen LogP contribution is 2.33. The predicted octanol–water partition coefficient (Wildman–Crippen LogP) is 4.69. The third-order valence-corrected chi connectivity index (χ3v) is 6.04. The van der Waals surface area contributed by atoms with Crippen molar-refractivity contribution in [1.82, 2.24) is 9.96 Å². The van der Waals surface area contributed by atoms with Crippen molar-refractivity contribution in [3.63, 3.8) is 0 Å². The first-order valence-corrected chi connectivity index (χ1v) is 12.4. The van der Waals surface area contributed by atoms with Crippen LogP contribution >= 0.6 is 0 Å². The molecule has 202 valence electrons. The molecule has 0 spiro atoms. The van der Waals surface area contributed by atoms with Gasteiger partial charge in [0.25, 0.3) is 5.91 Å². The van der Waals surface area contributed by atoms with E-state index in [1.807, 2.05) is 51.1 Å². The van der Waals surface area contributed by atoms with E-state index >= 15 is 0 Å². The highest BCUT2D eigenvalue weighted by atomic mass is 16.7. The van der Waals surface area contributed by atoms with Crippen molar-refractivity contribution >= 4 is 12.0 Å². The average molecular weight is 515 g/mol. The topological polar surface area (TPSA) is 86.8 Å². The summed E-state index contributed by atoms with van der Waals surface area (Å²) in [5.41, 5.74) is 0.644. The van der Waals surface area contributed by atoms with Gasteiger partial charge in [-0.1, -0.05) is 36.4 Å². The van der Waals surface area contributed by atoms with Crippen LogP contribution in [0.15, 0.2) is 48.5 Å². The molecule has 2 atom stereocenters. The van der Waals surface area contributed by atoms with Crippen LogP contribution in [0.2, 0.25) is 0 Å². The van der Waals surface area contributed by atoms with Crippen molar-refractivity contribution in [3.8, 4) is 11.5 Å². The minimum absolute atomic E-state index is 0.181. The van der Waals surface area contributed by atoms with Gasteiger partial charge < -0.3 is 23.8 Å². The number of carbonyl (C=O) groups is 2. The Bertz CT molecular complexity index is 1040. The first-order valence-electron chi connectivity index (χ1n) is 12.4. The van der Waals surface area contributed by atoms with Gasteiger partial charge in [-0.2, -0.15) is 0 Å². The van der Waals surface area contributed by atoms with Crippen molar-refractivity contribution in [3.05, 3.63) is 59.7 Å². The summed E-state index contributed by atoms with van der Waals surface area (Å²) in [6.45, 7) is 6.50. The molecule has 0 saturated carbocycles. The summed E-state index contributed by atoms with van der Waals surface area (Å²) in [6.07, 6.45) is 0.472. The van der Waals surface area contributed by atoms with Crippen LogP contribution in [0.5, 0.6) is 11.5 Å². The van der Waals surface area contributed by atoms with E-state index in [4.69, 9.17) is 23.8 Å². The van der Waals surface area contributed by atoms with E-state index in [0.717, 1.165) is 5.56 Å². The van der Waals surface area contributed by atoms with Gasteiger partial charge in [0.2, 0.25) is 0 Å². The first-order chi connectivity index (χ1) is 17.7. The number of rotatable bonds is 8. The molecule has 37 heavy (non-hydrogen) atoms. The molecule has 1 fully saturated rings. The maximum absolute atomic E-state index is 13.8. The van der Waals surface area contributed by atoms with E-state index < -0.39 is 29.7 Å². The Morgan fingerprint density at radius 1 is 1.00 bits per heavy atom. The Hall–Kier alpha value is -3.30. The van der Waals surface area contributed by atoms with Crippen LogP contribution in [0.25, 0.3) is 0 Å². The molecular formula is C28H38N2O7. The normalized spacial score (nSPS) is 18.1. The minimum atomic E-state index is -0.646. The molecule has 1 aliphatic rings. The molecule has 0 N–H and O–H groups in total. The van der Waals surface area contributed by atoms with E-state index in [-0.39, 0.29) is 12.1 Å². The number of nitrogens with zero attached hydrogens (tertiary/aromatic N) is 2. The minimum Gasteiger partial charge on any atom is -0.493 e. The van der Waals surface area contributed by atoms with E-state index in [9.17, 15) is 9.59 Å². The lowest BCUT2D eigenvalue weighted by atomic mass is 10.1. The summed E-state index contributed by atoms with van der Waals surface area (Å²) in [5.74, 6) is 0.302. The van der Waals surface area contributed by atoms with Crippen LogP contribution in [-0.2, 0) is 20.9 Å². The summed E-state index contributed by atoms with van der Waals surface area (Å²) in [6, 6.07) is 14.3. The van der Waals surface area contributed by atoms with Crippen LogP contribution in [-0.4, -0.2) is 74.1 Å². The Morgan fingerprint density at radius 2 is 1.73 bits per heavy atom. The second kappa shape index (κ2) is 12.8. The van der Waals surface area contributed by atoms with E-state index in [2.05, 4.69) is 0 Å². The van der Waals surface area contributed by atoms with Gasteiger partial charge >= 0.3 is 6.09 Å². The summed E-state index contributed by atoms with van der Waals surface area (Å²) in [4.78, 5) is 34.1. The van der Waals surface area contributed by atoms with Crippen molar-refractivity contribution in [2.45, 2.75) is 58.0 Å². The predicted molar refractivity (Wildman–Crippen MR) is 139 cm³/mol. The van der Waals surface area contributed by atoms with E-state index in [0.29, 0.717) is 37.5 Å². The van der Waals surface area contributed by atoms with Crippen LogP contribution in [0.4, 0.5) is 4.79 Å². The molecule has 3 rings (SSSR count). The third kappa shape index (κ3) is 7.36. The highest BCUT2D eigenvalue weighted by molar-refractivity contribution is 5.97. The zero-order valence-electron chi connectivity index (χ0n) is 22.6. The lowest BCUT2D eigenvalue weighted by Gasteiger charge is -2.36. The molecule has 0 aliphatic carbocycles. The molecule has 0 aromatic heterocycles. The number of likely N-dealkylation sites (tertiary alicyclic amines) is 1. The van der Waals surface area contributed by atoms with Gasteiger partial charge in [0.05, 0.1) is 39.6 Å². The number of amides is 2. The number of hydroxylamine groups is 2. The maximum atomic E-state index is 13.8. The Balaban J connectivity index is 1.94. The first kappa shape index (κ1) is 28.3. The van der Waals surface area contributed by atoms with Gasteiger partial charge in [-0.15, -0.1) is 0 Å². The van der Waals surface area contributed by atoms with Gasteiger partial charge in [-0.25, -0.2) is 9.86 Å². The van der Waals surface area contributed by atoms with Gasteiger partial charge in [0.1, 0.15) is 11.6 Å². The van der Waals surface area contributed by atoms with Gasteiger partial charge in [0.15, 0.2) is 11.5 Å². The molecule has 0 bridgehead atoms. The van der Waals surface area contributed by atoms with Crippen molar-refractivity contribution < 1.29 is 33.4 Å². The summed E-state index contributed by atoms with van der Waals surface area (Å²) < 4.78 is 22.9. The van der Waals surface area contributed by atoms with Crippen molar-refractivity contribution in [1.29, 1.82) is 0 Å². The molecule has 0 unspecified atom stereocenters. The molecule has 2 aromatic carbocycles. The summed E-state index contributed by atoms with van der Waals surface area (Å²) >= 11 is 0. The fourth-order valence-electron chi connectivity index (χ4n) is 4.34. The second-order valence-corrected chi connectivity index (χ2v) is 9.83. The quantitative estimate of drug-likeness (QED) is 0.472. The van der Waals surface area contributed by atoms with Crippen molar-refractivity contribution in [2.75, 3.05) is 34.4 Å². The van der Waals surface area contributed by atoms with Crippen LogP contribution in [0.3, 0.4) is 0 Å². The van der Waals surface area contributed by atoms with E-state index in [1.165, 1.54) is 26.4 Å². The Morgan fingerprint density at radius 3 is 2.35 bits per heavy atom. The zero-order valence-corrected chi connectivity index (χ0v) is 22.6. The molecule has 1 heterocycles. The third-order valence-electron chi connectivity index (χ3n) is 6.04. The number of hydrogen-bond donors (Lipinski definition) is 0. The average Bonchev–Trinajstić information content (AvgIpc) is 3.09. The molecule has 1 saturated heterocycles.